The summed E-state index contributed by atoms with van der Waals surface area (Å²) in [6.45, 7) is 0. The van der Waals surface area contributed by atoms with Crippen molar-refractivity contribution in [2.75, 3.05) is 0 Å². The lowest BCUT2D eigenvalue weighted by Gasteiger charge is -2.22. The van der Waals surface area contributed by atoms with Crippen LogP contribution in [-0.4, -0.2) is 4.98 Å². The molecular formula is C23H20NOP. The molecule has 4 rings (SSSR count). The molecule has 2 aromatic carbocycles. The number of benzene rings is 2. The van der Waals surface area contributed by atoms with Crippen LogP contribution < -0.4 is 10.6 Å². The van der Waals surface area contributed by atoms with Gasteiger partial charge in [0.1, 0.15) is 0 Å². The second-order valence-electron chi connectivity index (χ2n) is 6.32. The molecule has 0 amide bonds. The zero-order valence-electron chi connectivity index (χ0n) is 14.5. The van der Waals surface area contributed by atoms with E-state index in [1.54, 1.807) is 6.20 Å². The smallest absolute Gasteiger partial charge is 0.170 e. The third kappa shape index (κ3) is 3.09. The minimum Gasteiger partial charge on any atom is -0.309 e. The fourth-order valence-corrected chi connectivity index (χ4v) is 6.05. The summed E-state index contributed by atoms with van der Waals surface area (Å²) in [6, 6.07) is 23.7. The Morgan fingerprint density at radius 1 is 0.769 bits per heavy atom. The second kappa shape index (κ2) is 7.27. The van der Waals surface area contributed by atoms with Gasteiger partial charge in [-0.3, -0.25) is 4.98 Å². The minimum absolute atomic E-state index is 0.862. The largest absolute Gasteiger partial charge is 0.309 e. The molecule has 1 aromatic heterocycles. The van der Waals surface area contributed by atoms with Gasteiger partial charge in [0, 0.05) is 27.7 Å². The van der Waals surface area contributed by atoms with Crippen molar-refractivity contribution in [2.24, 2.45) is 0 Å². The van der Waals surface area contributed by atoms with Crippen LogP contribution in [0.15, 0.2) is 103 Å². The molecule has 0 saturated carbocycles. The molecule has 0 radical (unpaired) electrons. The van der Waals surface area contributed by atoms with E-state index in [0.717, 1.165) is 40.0 Å². The first kappa shape index (κ1) is 16.8. The average Bonchev–Trinajstić information content (AvgIpc) is 2.75. The van der Waals surface area contributed by atoms with Crippen molar-refractivity contribution >= 4 is 17.8 Å². The lowest BCUT2D eigenvalue weighted by Crippen LogP contribution is -2.17. The Hall–Kier alpha value is -2.70. The van der Waals surface area contributed by atoms with Crippen molar-refractivity contribution in [1.29, 1.82) is 0 Å². The van der Waals surface area contributed by atoms with E-state index in [1.807, 2.05) is 78.9 Å². The Morgan fingerprint density at radius 2 is 1.50 bits per heavy atom. The topological polar surface area (TPSA) is 30.0 Å². The highest BCUT2D eigenvalue weighted by Crippen LogP contribution is 2.53. The molecule has 0 N–H and O–H groups in total. The predicted molar refractivity (Wildman–Crippen MR) is 109 cm³/mol. The molecule has 1 heterocycles. The quantitative estimate of drug-likeness (QED) is 0.593. The summed E-state index contributed by atoms with van der Waals surface area (Å²) in [7, 11) is -2.86. The van der Waals surface area contributed by atoms with Crippen molar-refractivity contribution in [3.63, 3.8) is 0 Å². The number of nitrogens with zero attached hydrogens (tertiary/aromatic N) is 1. The van der Waals surface area contributed by atoms with Gasteiger partial charge in [0.05, 0.1) is 5.69 Å². The maximum absolute atomic E-state index is 14.3. The third-order valence-corrected chi connectivity index (χ3v) is 7.76. The Balaban J connectivity index is 1.81. The van der Waals surface area contributed by atoms with Crippen LogP contribution in [-0.2, 0) is 4.57 Å². The molecule has 0 aliphatic heterocycles. The molecule has 128 valence electrons. The first-order valence-electron chi connectivity index (χ1n) is 8.83. The normalized spacial score (nSPS) is 15.9. The molecule has 0 fully saturated rings. The number of aromatic nitrogens is 1. The molecule has 3 heteroatoms. The average molecular weight is 357 g/mol. The molecule has 0 saturated heterocycles. The van der Waals surface area contributed by atoms with Gasteiger partial charge in [0.25, 0.3) is 0 Å². The Morgan fingerprint density at radius 3 is 2.15 bits per heavy atom. The van der Waals surface area contributed by atoms with Gasteiger partial charge in [0.2, 0.25) is 0 Å². The maximum atomic E-state index is 14.3. The van der Waals surface area contributed by atoms with E-state index >= 15 is 0 Å². The zero-order chi connectivity index (χ0) is 17.8. The summed E-state index contributed by atoms with van der Waals surface area (Å²) in [4.78, 5) is 4.40. The Bertz CT molecular complexity index is 989. The highest BCUT2D eigenvalue weighted by atomic mass is 31.2. The molecule has 3 aromatic rings. The SMILES string of the molecule is O=P(C1=CCCC=C1)(c1ccccc1)c1ccc(-c2ccccn2)cc1. The van der Waals surface area contributed by atoms with E-state index in [2.05, 4.69) is 17.1 Å². The zero-order valence-corrected chi connectivity index (χ0v) is 15.3. The van der Waals surface area contributed by atoms with Gasteiger partial charge in [-0.25, -0.2) is 0 Å². The van der Waals surface area contributed by atoms with Gasteiger partial charge in [-0.2, -0.15) is 0 Å². The summed E-state index contributed by atoms with van der Waals surface area (Å²) in [5, 5.41) is 2.67. The van der Waals surface area contributed by atoms with Gasteiger partial charge in [-0.1, -0.05) is 78.9 Å². The molecule has 1 aliphatic rings. The van der Waals surface area contributed by atoms with Crippen molar-refractivity contribution in [3.05, 3.63) is 103 Å². The Labute approximate surface area is 154 Å². The van der Waals surface area contributed by atoms with Crippen LogP contribution in [0, 0.1) is 0 Å². The van der Waals surface area contributed by atoms with E-state index < -0.39 is 7.14 Å². The van der Waals surface area contributed by atoms with Crippen LogP contribution in [0.3, 0.4) is 0 Å². The fourth-order valence-electron chi connectivity index (χ4n) is 3.29. The van der Waals surface area contributed by atoms with E-state index in [4.69, 9.17) is 0 Å². The van der Waals surface area contributed by atoms with Crippen molar-refractivity contribution in [3.8, 4) is 11.3 Å². The number of allylic oxidation sites excluding steroid dienone is 4. The maximum Gasteiger partial charge on any atom is 0.170 e. The van der Waals surface area contributed by atoms with Gasteiger partial charge in [-0.05, 0) is 25.0 Å². The Kier molecular flexibility index (Phi) is 4.69. The lowest BCUT2D eigenvalue weighted by molar-refractivity contribution is 0.591. The number of pyridine rings is 1. The van der Waals surface area contributed by atoms with Gasteiger partial charge in [-0.15, -0.1) is 0 Å². The standard InChI is InChI=1S/C23H20NOP/c25-26(20-9-3-1-4-10-20,21-11-5-2-6-12-21)22-16-14-19(15-17-22)23-13-7-8-18-24-23/h1,3-5,7-18H,2,6H2. The van der Waals surface area contributed by atoms with Crippen molar-refractivity contribution < 1.29 is 4.57 Å². The summed E-state index contributed by atoms with van der Waals surface area (Å²) in [5.74, 6) is 0. The van der Waals surface area contributed by atoms with Gasteiger partial charge < -0.3 is 4.57 Å². The molecule has 1 aliphatic carbocycles. The number of rotatable bonds is 4. The van der Waals surface area contributed by atoms with Crippen LogP contribution in [0.4, 0.5) is 0 Å². The highest BCUT2D eigenvalue weighted by molar-refractivity contribution is 7.82. The lowest BCUT2D eigenvalue weighted by atomic mass is 10.1. The van der Waals surface area contributed by atoms with Gasteiger partial charge in [0.15, 0.2) is 7.14 Å². The van der Waals surface area contributed by atoms with Crippen molar-refractivity contribution in [1.82, 2.24) is 4.98 Å². The molecule has 26 heavy (non-hydrogen) atoms. The predicted octanol–water partition coefficient (Wildman–Crippen LogP) is 5.30. The molecule has 0 spiro atoms. The first-order valence-corrected chi connectivity index (χ1v) is 10.5. The third-order valence-electron chi connectivity index (χ3n) is 4.65. The minimum atomic E-state index is -2.86. The first-order chi connectivity index (χ1) is 12.8. The fraction of sp³-hybridized carbons (Fsp3) is 0.0870. The van der Waals surface area contributed by atoms with Crippen molar-refractivity contribution in [2.45, 2.75) is 12.8 Å². The van der Waals surface area contributed by atoms with Gasteiger partial charge >= 0.3 is 0 Å². The number of hydrogen-bond donors (Lipinski definition) is 0. The second-order valence-corrected chi connectivity index (χ2v) is 9.08. The molecule has 1 atom stereocenters. The van der Waals surface area contributed by atoms with E-state index in [1.165, 1.54) is 0 Å². The molecule has 0 bridgehead atoms. The van der Waals surface area contributed by atoms with E-state index in [9.17, 15) is 4.57 Å². The molecule has 1 unspecified atom stereocenters. The highest BCUT2D eigenvalue weighted by Gasteiger charge is 2.30. The van der Waals surface area contributed by atoms with E-state index in [-0.39, 0.29) is 0 Å². The van der Waals surface area contributed by atoms with Crippen LogP contribution in [0.5, 0.6) is 0 Å². The van der Waals surface area contributed by atoms with Crippen LogP contribution in [0.2, 0.25) is 0 Å². The summed E-state index contributed by atoms with van der Waals surface area (Å²) in [6.07, 6.45) is 10.0. The van der Waals surface area contributed by atoms with Crippen LogP contribution in [0.1, 0.15) is 12.8 Å². The van der Waals surface area contributed by atoms with Crippen LogP contribution >= 0.6 is 7.14 Å². The summed E-state index contributed by atoms with van der Waals surface area (Å²) in [5.41, 5.74) is 1.95. The monoisotopic (exact) mass is 357 g/mol. The molecule has 2 nitrogen and oxygen atoms in total. The number of hydrogen-bond acceptors (Lipinski definition) is 2. The van der Waals surface area contributed by atoms with E-state index in [0.29, 0.717) is 0 Å². The summed E-state index contributed by atoms with van der Waals surface area (Å²) >= 11 is 0. The summed E-state index contributed by atoms with van der Waals surface area (Å²) < 4.78 is 14.3. The van der Waals surface area contributed by atoms with Crippen LogP contribution in [0.25, 0.3) is 11.3 Å². The molecular weight excluding hydrogens is 337 g/mol.